The number of sulfonamides is 1. The zero-order chi connectivity index (χ0) is 28.6. The van der Waals surface area contributed by atoms with Crippen molar-refractivity contribution in [1.29, 1.82) is 0 Å². The predicted octanol–water partition coefficient (Wildman–Crippen LogP) is 5.14. The van der Waals surface area contributed by atoms with Crippen LogP contribution in [0.5, 0.6) is 5.75 Å². The summed E-state index contributed by atoms with van der Waals surface area (Å²) < 4.78 is 33.8. The number of likely N-dealkylation sites (N-methyl/N-ethyl adjacent to an activating group) is 1. The van der Waals surface area contributed by atoms with Gasteiger partial charge in [-0.2, -0.15) is 0 Å². The average molecular weight is 593 g/mol. The zero-order valence-electron chi connectivity index (χ0n) is 21.9. The summed E-state index contributed by atoms with van der Waals surface area (Å²) in [6.45, 7) is 3.45. The summed E-state index contributed by atoms with van der Waals surface area (Å²) >= 11 is 12.3. The predicted molar refractivity (Wildman–Crippen MR) is 154 cm³/mol. The number of anilines is 1. The third-order valence-corrected chi connectivity index (χ3v) is 8.57. The van der Waals surface area contributed by atoms with Crippen molar-refractivity contribution in [1.82, 2.24) is 10.2 Å². The van der Waals surface area contributed by atoms with Crippen molar-refractivity contribution in [3.63, 3.8) is 0 Å². The molecule has 3 rings (SSSR count). The molecule has 3 aromatic carbocycles. The lowest BCUT2D eigenvalue weighted by Crippen LogP contribution is -2.52. The van der Waals surface area contributed by atoms with Crippen molar-refractivity contribution in [2.75, 3.05) is 24.5 Å². The van der Waals surface area contributed by atoms with Gasteiger partial charge in [0.1, 0.15) is 18.3 Å². The van der Waals surface area contributed by atoms with Crippen molar-refractivity contribution < 1.29 is 22.7 Å². The van der Waals surface area contributed by atoms with Gasteiger partial charge in [-0.05, 0) is 67.4 Å². The van der Waals surface area contributed by atoms with Crippen LogP contribution in [0.3, 0.4) is 0 Å². The molecule has 0 aliphatic rings. The highest BCUT2D eigenvalue weighted by atomic mass is 35.5. The van der Waals surface area contributed by atoms with Crippen LogP contribution < -0.4 is 14.4 Å². The maximum atomic E-state index is 13.9. The number of ether oxygens (including phenoxy) is 1. The number of hydrogen-bond donors (Lipinski definition) is 1. The van der Waals surface area contributed by atoms with Gasteiger partial charge in [-0.15, -0.1) is 0 Å². The lowest BCUT2D eigenvalue weighted by molar-refractivity contribution is -0.140. The Labute approximate surface area is 239 Å². The van der Waals surface area contributed by atoms with Gasteiger partial charge < -0.3 is 15.0 Å². The summed E-state index contributed by atoms with van der Waals surface area (Å²) in [6.07, 6.45) is 0.315. The molecule has 0 bridgehead atoms. The lowest BCUT2D eigenvalue weighted by atomic mass is 10.1. The first kappa shape index (κ1) is 30.3. The van der Waals surface area contributed by atoms with Crippen LogP contribution in [-0.2, 0) is 26.2 Å². The number of carbonyl (C=O) groups is 2. The first-order valence-corrected chi connectivity index (χ1v) is 14.5. The van der Waals surface area contributed by atoms with E-state index < -0.39 is 28.5 Å². The van der Waals surface area contributed by atoms with Gasteiger partial charge in [-0.3, -0.25) is 13.9 Å². The van der Waals surface area contributed by atoms with Crippen LogP contribution in [0.15, 0.2) is 77.7 Å². The average Bonchev–Trinajstić information content (AvgIpc) is 2.94. The van der Waals surface area contributed by atoms with E-state index in [9.17, 15) is 18.0 Å². The minimum absolute atomic E-state index is 0.00764. The molecule has 3 aromatic rings. The highest BCUT2D eigenvalue weighted by molar-refractivity contribution is 7.92. The van der Waals surface area contributed by atoms with Crippen LogP contribution in [0.4, 0.5) is 5.69 Å². The fourth-order valence-electron chi connectivity index (χ4n) is 4.04. The summed E-state index contributed by atoms with van der Waals surface area (Å²) in [4.78, 5) is 28.3. The molecule has 0 unspecified atom stereocenters. The summed E-state index contributed by atoms with van der Waals surface area (Å²) in [6, 6.07) is 18.4. The number of para-hydroxylation sites is 1. The topological polar surface area (TPSA) is 96.0 Å². The quantitative estimate of drug-likeness (QED) is 0.314. The standard InChI is InChI=1S/C28H31Cl2N3O5S/c1-4-26(28(35)31-5-2)32(18-20-11-16-24(29)25(30)17-20)27(34)19-33(21-9-7-6-8-10-21)39(36,37)23-14-12-22(38-3)13-15-23/h6-17,26H,4-5,18-19H2,1-3H3,(H,31,35)/t26-/m1/s1. The summed E-state index contributed by atoms with van der Waals surface area (Å²) in [5.74, 6) is -0.394. The van der Waals surface area contributed by atoms with Crippen LogP contribution in [0.2, 0.25) is 10.0 Å². The molecule has 0 saturated carbocycles. The fraction of sp³-hybridized carbons (Fsp3) is 0.286. The van der Waals surface area contributed by atoms with Gasteiger partial charge in [-0.25, -0.2) is 8.42 Å². The molecule has 1 atom stereocenters. The second-order valence-electron chi connectivity index (χ2n) is 8.61. The van der Waals surface area contributed by atoms with E-state index in [0.717, 1.165) is 4.31 Å². The monoisotopic (exact) mass is 591 g/mol. The molecule has 0 spiro atoms. The molecular formula is C28H31Cl2N3O5S. The van der Waals surface area contributed by atoms with E-state index in [1.807, 2.05) is 0 Å². The second-order valence-corrected chi connectivity index (χ2v) is 11.3. The van der Waals surface area contributed by atoms with Gasteiger partial charge in [0.15, 0.2) is 0 Å². The van der Waals surface area contributed by atoms with Crippen LogP contribution in [0, 0.1) is 0 Å². The van der Waals surface area contributed by atoms with E-state index in [4.69, 9.17) is 27.9 Å². The molecule has 2 amide bonds. The van der Waals surface area contributed by atoms with E-state index in [0.29, 0.717) is 40.0 Å². The van der Waals surface area contributed by atoms with Gasteiger partial charge in [0, 0.05) is 13.1 Å². The zero-order valence-corrected chi connectivity index (χ0v) is 24.3. The number of carbonyl (C=O) groups excluding carboxylic acids is 2. The third-order valence-electron chi connectivity index (χ3n) is 6.04. The van der Waals surface area contributed by atoms with Gasteiger partial charge >= 0.3 is 0 Å². The van der Waals surface area contributed by atoms with Crippen molar-refractivity contribution in [3.8, 4) is 5.75 Å². The molecule has 208 valence electrons. The number of hydrogen-bond acceptors (Lipinski definition) is 5. The second kappa shape index (κ2) is 13.7. The number of methoxy groups -OCH3 is 1. The van der Waals surface area contributed by atoms with Gasteiger partial charge in [0.2, 0.25) is 11.8 Å². The van der Waals surface area contributed by atoms with Crippen LogP contribution in [0.1, 0.15) is 25.8 Å². The van der Waals surface area contributed by atoms with Crippen LogP contribution in [0.25, 0.3) is 0 Å². The van der Waals surface area contributed by atoms with E-state index in [-0.39, 0.29) is 17.3 Å². The molecule has 0 aliphatic carbocycles. The van der Waals surface area contributed by atoms with Gasteiger partial charge in [0.05, 0.1) is 27.7 Å². The SMILES string of the molecule is CCNC(=O)[C@@H](CC)N(Cc1ccc(Cl)c(Cl)c1)C(=O)CN(c1ccccc1)S(=O)(=O)c1ccc(OC)cc1. The smallest absolute Gasteiger partial charge is 0.264 e. The van der Waals surface area contributed by atoms with Crippen molar-refractivity contribution in [3.05, 3.63) is 88.4 Å². The summed E-state index contributed by atoms with van der Waals surface area (Å²) in [5, 5.41) is 3.43. The van der Waals surface area contributed by atoms with Gasteiger partial charge in [-0.1, -0.05) is 54.4 Å². The highest BCUT2D eigenvalue weighted by Gasteiger charge is 2.33. The van der Waals surface area contributed by atoms with E-state index in [1.165, 1.54) is 36.3 Å². The number of amides is 2. The van der Waals surface area contributed by atoms with Crippen molar-refractivity contribution >= 4 is 50.7 Å². The molecule has 39 heavy (non-hydrogen) atoms. The van der Waals surface area contributed by atoms with E-state index in [2.05, 4.69) is 5.32 Å². The molecule has 0 saturated heterocycles. The normalized spacial score (nSPS) is 11.9. The molecule has 8 nitrogen and oxygen atoms in total. The van der Waals surface area contributed by atoms with E-state index in [1.54, 1.807) is 62.4 Å². The molecule has 1 N–H and O–H groups in total. The molecule has 11 heteroatoms. The third kappa shape index (κ3) is 7.44. The molecule has 0 aromatic heterocycles. The van der Waals surface area contributed by atoms with E-state index >= 15 is 0 Å². The Balaban J connectivity index is 2.04. The maximum Gasteiger partial charge on any atom is 0.264 e. The Morgan fingerprint density at radius 3 is 2.18 bits per heavy atom. The highest BCUT2D eigenvalue weighted by Crippen LogP contribution is 2.27. The Hall–Kier alpha value is -3.27. The minimum Gasteiger partial charge on any atom is -0.497 e. The van der Waals surface area contributed by atoms with Crippen LogP contribution >= 0.6 is 23.2 Å². The Bertz CT molecular complexity index is 1390. The first-order valence-electron chi connectivity index (χ1n) is 12.3. The first-order chi connectivity index (χ1) is 18.6. The molecular weight excluding hydrogens is 561 g/mol. The molecule has 0 radical (unpaired) electrons. The van der Waals surface area contributed by atoms with Crippen molar-refractivity contribution in [2.45, 2.75) is 37.8 Å². The number of nitrogens with zero attached hydrogens (tertiary/aromatic N) is 2. The molecule has 0 heterocycles. The molecule has 0 aliphatic heterocycles. The number of nitrogens with one attached hydrogen (secondary N) is 1. The number of halogens is 2. The fourth-order valence-corrected chi connectivity index (χ4v) is 5.78. The lowest BCUT2D eigenvalue weighted by Gasteiger charge is -2.33. The Morgan fingerprint density at radius 2 is 1.62 bits per heavy atom. The number of rotatable bonds is 12. The van der Waals surface area contributed by atoms with Crippen LogP contribution in [-0.4, -0.2) is 51.4 Å². The largest absolute Gasteiger partial charge is 0.497 e. The summed E-state index contributed by atoms with van der Waals surface area (Å²) in [7, 11) is -2.68. The maximum absolute atomic E-state index is 13.9. The Morgan fingerprint density at radius 1 is 0.949 bits per heavy atom. The molecule has 0 fully saturated rings. The van der Waals surface area contributed by atoms with Gasteiger partial charge in [0.25, 0.3) is 10.0 Å². The van der Waals surface area contributed by atoms with Crippen molar-refractivity contribution in [2.24, 2.45) is 0 Å². The number of benzene rings is 3. The summed E-state index contributed by atoms with van der Waals surface area (Å²) in [5.41, 5.74) is 0.951. The Kier molecular flexibility index (Phi) is 10.6. The minimum atomic E-state index is -4.16.